The minimum Gasteiger partial charge on any atom is -0.314 e. The summed E-state index contributed by atoms with van der Waals surface area (Å²) >= 11 is 6.21. The van der Waals surface area contributed by atoms with E-state index >= 15 is 0 Å². The first kappa shape index (κ1) is 19.1. The van der Waals surface area contributed by atoms with E-state index < -0.39 is 0 Å². The lowest BCUT2D eigenvalue weighted by atomic mass is 10.0. The lowest BCUT2D eigenvalue weighted by Crippen LogP contribution is -2.45. The van der Waals surface area contributed by atoms with E-state index in [1.807, 2.05) is 25.3 Å². The van der Waals surface area contributed by atoms with Crippen LogP contribution in [0.5, 0.6) is 0 Å². The molecule has 3 aromatic rings. The first-order valence-electron chi connectivity index (χ1n) is 8.62. The van der Waals surface area contributed by atoms with Crippen molar-refractivity contribution in [2.45, 2.75) is 26.4 Å². The molecule has 1 aliphatic heterocycles. The average molecular weight is 392 g/mol. The number of piperazine rings is 1. The fourth-order valence-electron chi connectivity index (χ4n) is 3.69. The van der Waals surface area contributed by atoms with E-state index in [1.54, 1.807) is 0 Å². The van der Waals surface area contributed by atoms with Crippen molar-refractivity contribution in [3.05, 3.63) is 64.2 Å². The molecule has 1 fully saturated rings. The average Bonchev–Trinajstić information content (AvgIpc) is 2.98. The molecule has 5 nitrogen and oxygen atoms in total. The number of imidazole rings is 1. The summed E-state index contributed by atoms with van der Waals surface area (Å²) in [6.45, 7) is 7.86. The molecule has 3 heterocycles. The zero-order valence-corrected chi connectivity index (χ0v) is 16.5. The number of nitrogens with zero attached hydrogens (tertiary/aromatic N) is 4. The maximum Gasteiger partial charge on any atom is 0.234 e. The Labute approximate surface area is 164 Å². The summed E-state index contributed by atoms with van der Waals surface area (Å²) in [7, 11) is 0. The third-order valence-corrected chi connectivity index (χ3v) is 5.05. The van der Waals surface area contributed by atoms with Gasteiger partial charge in [-0.1, -0.05) is 23.7 Å². The van der Waals surface area contributed by atoms with E-state index in [1.165, 1.54) is 17.0 Å². The second-order valence-electron chi connectivity index (χ2n) is 6.67. The minimum atomic E-state index is 0. The molecule has 1 unspecified atom stereocenters. The van der Waals surface area contributed by atoms with Gasteiger partial charge in [0.25, 0.3) is 0 Å². The Bertz CT molecular complexity index is 908. The van der Waals surface area contributed by atoms with Crippen LogP contribution in [0.25, 0.3) is 5.78 Å². The smallest absolute Gasteiger partial charge is 0.234 e. The molecule has 1 N–H and O–H groups in total. The van der Waals surface area contributed by atoms with E-state index in [2.05, 4.69) is 49.7 Å². The van der Waals surface area contributed by atoms with Crippen LogP contribution in [0.4, 0.5) is 0 Å². The molecule has 7 heteroatoms. The number of halogens is 2. The zero-order chi connectivity index (χ0) is 17.4. The molecule has 2 aromatic heterocycles. The van der Waals surface area contributed by atoms with Crippen LogP contribution in [0.1, 0.15) is 28.7 Å². The molecule has 1 saturated heterocycles. The van der Waals surface area contributed by atoms with E-state index in [9.17, 15) is 0 Å². The van der Waals surface area contributed by atoms with Gasteiger partial charge in [0.05, 0.1) is 11.9 Å². The summed E-state index contributed by atoms with van der Waals surface area (Å²) in [6.07, 6.45) is 1.95. The van der Waals surface area contributed by atoms with Crippen molar-refractivity contribution in [2.24, 2.45) is 0 Å². The van der Waals surface area contributed by atoms with Crippen LogP contribution in [0.2, 0.25) is 5.02 Å². The number of hydrogen-bond donors (Lipinski definition) is 1. The van der Waals surface area contributed by atoms with E-state index in [-0.39, 0.29) is 12.4 Å². The lowest BCUT2D eigenvalue weighted by molar-refractivity contribution is 0.151. The minimum absolute atomic E-state index is 0. The number of nitrogens with one attached hydrogen (secondary N) is 1. The number of benzene rings is 1. The molecule has 26 heavy (non-hydrogen) atoms. The van der Waals surface area contributed by atoms with E-state index in [0.29, 0.717) is 6.04 Å². The highest BCUT2D eigenvalue weighted by Gasteiger charge is 2.25. The monoisotopic (exact) mass is 391 g/mol. The highest BCUT2D eigenvalue weighted by atomic mass is 35.5. The number of aromatic nitrogens is 3. The van der Waals surface area contributed by atoms with Crippen LogP contribution >= 0.6 is 24.0 Å². The summed E-state index contributed by atoms with van der Waals surface area (Å²) in [5.74, 6) is 0.780. The second-order valence-corrected chi connectivity index (χ2v) is 7.11. The van der Waals surface area contributed by atoms with Crippen LogP contribution in [0.3, 0.4) is 0 Å². The third-order valence-electron chi connectivity index (χ3n) is 4.82. The Hall–Kier alpha value is -1.66. The van der Waals surface area contributed by atoms with Gasteiger partial charge in [0.2, 0.25) is 5.78 Å². The van der Waals surface area contributed by atoms with Gasteiger partial charge in [-0.2, -0.15) is 0 Å². The second kappa shape index (κ2) is 7.92. The van der Waals surface area contributed by atoms with Crippen LogP contribution in [0.15, 0.2) is 36.5 Å². The fraction of sp³-hybridized carbons (Fsp3) is 0.368. The molecule has 1 aliphatic rings. The van der Waals surface area contributed by atoms with Gasteiger partial charge in [0.1, 0.15) is 0 Å². The molecule has 1 atom stereocenters. The van der Waals surface area contributed by atoms with Crippen molar-refractivity contribution in [3.8, 4) is 0 Å². The SMILES string of the molecule is Cc1cc(C)n2c(CN3CCNCC3c3cccc(Cl)c3)cnc2n1.Cl. The maximum absolute atomic E-state index is 6.21. The summed E-state index contributed by atoms with van der Waals surface area (Å²) < 4.78 is 2.16. The largest absolute Gasteiger partial charge is 0.314 e. The number of hydrogen-bond acceptors (Lipinski definition) is 4. The van der Waals surface area contributed by atoms with Crippen molar-refractivity contribution in [2.75, 3.05) is 19.6 Å². The number of fused-ring (bicyclic) bond motifs is 1. The van der Waals surface area contributed by atoms with Gasteiger partial charge in [-0.15, -0.1) is 12.4 Å². The molecule has 0 aliphatic carbocycles. The Morgan fingerprint density at radius 3 is 2.92 bits per heavy atom. The number of rotatable bonds is 3. The third kappa shape index (κ3) is 3.71. The molecular weight excluding hydrogens is 369 g/mol. The van der Waals surface area contributed by atoms with E-state index in [4.69, 9.17) is 11.6 Å². The molecular formula is C19H23Cl2N5. The highest BCUT2D eigenvalue weighted by molar-refractivity contribution is 6.30. The van der Waals surface area contributed by atoms with Crippen molar-refractivity contribution in [1.82, 2.24) is 24.6 Å². The maximum atomic E-state index is 6.21. The topological polar surface area (TPSA) is 45.5 Å². The van der Waals surface area contributed by atoms with Crippen molar-refractivity contribution >= 4 is 29.8 Å². The molecule has 4 rings (SSSR count). The molecule has 0 saturated carbocycles. The molecule has 1 aromatic carbocycles. The van der Waals surface area contributed by atoms with Gasteiger partial charge in [-0.25, -0.2) is 9.97 Å². The van der Waals surface area contributed by atoms with Gasteiger partial charge >= 0.3 is 0 Å². The van der Waals surface area contributed by atoms with Crippen molar-refractivity contribution in [3.63, 3.8) is 0 Å². The predicted molar refractivity (Wildman–Crippen MR) is 107 cm³/mol. The number of aryl methyl sites for hydroxylation is 2. The molecule has 0 bridgehead atoms. The first-order valence-corrected chi connectivity index (χ1v) is 9.00. The zero-order valence-electron chi connectivity index (χ0n) is 14.9. The summed E-state index contributed by atoms with van der Waals surface area (Å²) in [4.78, 5) is 11.5. The molecule has 138 valence electrons. The van der Waals surface area contributed by atoms with Gasteiger partial charge in [-0.3, -0.25) is 9.30 Å². The standard InChI is InChI=1S/C19H22ClN5.ClH/c1-13-8-14(2)25-17(10-22-19(25)23-13)12-24-7-6-21-11-18(24)15-4-3-5-16(20)9-15;/h3-5,8-10,18,21H,6-7,11-12H2,1-2H3;1H. The summed E-state index contributed by atoms with van der Waals surface area (Å²) in [6, 6.07) is 10.6. The van der Waals surface area contributed by atoms with Gasteiger partial charge in [0.15, 0.2) is 0 Å². The fourth-order valence-corrected chi connectivity index (χ4v) is 3.89. The first-order chi connectivity index (χ1) is 12.1. The van der Waals surface area contributed by atoms with Crippen LogP contribution in [-0.4, -0.2) is 38.9 Å². The summed E-state index contributed by atoms with van der Waals surface area (Å²) in [5.41, 5.74) is 4.60. The van der Waals surface area contributed by atoms with E-state index in [0.717, 1.165) is 42.7 Å². The Balaban J connectivity index is 0.00000196. The summed E-state index contributed by atoms with van der Waals surface area (Å²) in [5, 5.41) is 4.28. The van der Waals surface area contributed by atoms with Gasteiger partial charge in [0, 0.05) is 48.6 Å². The van der Waals surface area contributed by atoms with Crippen LogP contribution in [0, 0.1) is 13.8 Å². The van der Waals surface area contributed by atoms with Gasteiger partial charge in [-0.05, 0) is 37.6 Å². The quantitative estimate of drug-likeness (QED) is 0.740. The Morgan fingerprint density at radius 2 is 2.12 bits per heavy atom. The normalized spacial score (nSPS) is 18.0. The molecule has 0 radical (unpaired) electrons. The molecule has 0 spiro atoms. The van der Waals surface area contributed by atoms with Crippen molar-refractivity contribution < 1.29 is 0 Å². The molecule has 0 amide bonds. The van der Waals surface area contributed by atoms with Crippen molar-refractivity contribution in [1.29, 1.82) is 0 Å². The Morgan fingerprint density at radius 1 is 1.27 bits per heavy atom. The van der Waals surface area contributed by atoms with Crippen LogP contribution < -0.4 is 5.32 Å². The highest BCUT2D eigenvalue weighted by Crippen LogP contribution is 2.26. The van der Waals surface area contributed by atoms with Gasteiger partial charge < -0.3 is 5.32 Å². The Kier molecular flexibility index (Phi) is 5.82. The lowest BCUT2D eigenvalue weighted by Gasteiger charge is -2.36. The predicted octanol–water partition coefficient (Wildman–Crippen LogP) is 3.57. The van der Waals surface area contributed by atoms with Crippen LogP contribution in [-0.2, 0) is 6.54 Å².